The minimum absolute atomic E-state index is 0.269. The van der Waals surface area contributed by atoms with Gasteiger partial charge in [-0.2, -0.15) is 5.10 Å². The second-order valence-corrected chi connectivity index (χ2v) is 8.66. The molecule has 1 fully saturated rings. The van der Waals surface area contributed by atoms with Crippen LogP contribution in [0, 0.1) is 0 Å². The number of piperazine rings is 1. The molecule has 7 heteroatoms. The zero-order valence-electron chi connectivity index (χ0n) is 20.2. The van der Waals surface area contributed by atoms with Crippen molar-refractivity contribution in [2.24, 2.45) is 5.10 Å². The molecule has 1 saturated heterocycles. The van der Waals surface area contributed by atoms with Crippen LogP contribution < -0.4 is 14.2 Å². The Balaban J connectivity index is 1.30. The van der Waals surface area contributed by atoms with Gasteiger partial charge in [-0.3, -0.25) is 14.7 Å². The molecule has 1 aliphatic carbocycles. The highest BCUT2D eigenvalue weighted by Gasteiger charge is 2.33. The number of carbonyl (C=O) groups excluding carboxylic acids is 1. The van der Waals surface area contributed by atoms with Crippen molar-refractivity contribution in [1.82, 2.24) is 9.91 Å². The van der Waals surface area contributed by atoms with Gasteiger partial charge in [-0.15, -0.1) is 0 Å². The van der Waals surface area contributed by atoms with Gasteiger partial charge in [0.05, 0.1) is 26.5 Å². The Bertz CT molecular complexity index is 1190. The van der Waals surface area contributed by atoms with Crippen LogP contribution in [0.4, 0.5) is 0 Å². The Morgan fingerprint density at radius 2 is 1.43 bits per heavy atom. The lowest BCUT2D eigenvalue weighted by molar-refractivity contribution is -0.132. The molecule has 0 N–H and O–H groups in total. The summed E-state index contributed by atoms with van der Waals surface area (Å²) in [6, 6.07) is 21.3. The number of esters is 1. The topological polar surface area (TPSA) is 63.6 Å². The van der Waals surface area contributed by atoms with E-state index < -0.39 is 5.97 Å². The highest BCUT2D eigenvalue weighted by Crippen LogP contribution is 2.46. The highest BCUT2D eigenvalue weighted by atomic mass is 16.6. The van der Waals surface area contributed by atoms with Gasteiger partial charge in [-0.05, 0) is 34.4 Å². The smallest absolute Gasteiger partial charge is 0.308 e. The quantitative estimate of drug-likeness (QED) is 0.303. The lowest BCUT2D eigenvalue weighted by Gasteiger charge is -2.37. The average Bonchev–Trinajstić information content (AvgIpc) is 3.22. The zero-order valence-corrected chi connectivity index (χ0v) is 20.2. The molecule has 5 rings (SSSR count). The highest BCUT2D eigenvalue weighted by molar-refractivity contribution is 5.83. The van der Waals surface area contributed by atoms with Crippen LogP contribution >= 0.6 is 0 Å². The van der Waals surface area contributed by atoms with Crippen LogP contribution in [0.3, 0.4) is 0 Å². The lowest BCUT2D eigenvalue weighted by Crippen LogP contribution is -2.45. The number of fused-ring (bicyclic) bond motifs is 3. The third-order valence-corrected chi connectivity index (χ3v) is 6.56. The third-order valence-electron chi connectivity index (χ3n) is 6.56. The first-order valence-corrected chi connectivity index (χ1v) is 11.7. The minimum Gasteiger partial charge on any atom is -0.493 e. The maximum Gasteiger partial charge on any atom is 0.308 e. The number of hydrogen-bond donors (Lipinski definition) is 0. The summed E-state index contributed by atoms with van der Waals surface area (Å²) in [6.07, 6.45) is 1.79. The molecule has 180 valence electrons. The monoisotopic (exact) mass is 471 g/mol. The average molecular weight is 472 g/mol. The number of hydrazone groups is 1. The summed E-state index contributed by atoms with van der Waals surface area (Å²) in [4.78, 5) is 14.0. The largest absolute Gasteiger partial charge is 0.493 e. The van der Waals surface area contributed by atoms with E-state index in [4.69, 9.17) is 19.3 Å². The van der Waals surface area contributed by atoms with Gasteiger partial charge in [-0.25, -0.2) is 0 Å². The number of carbonyl (C=O) groups is 1. The van der Waals surface area contributed by atoms with Crippen LogP contribution in [0.1, 0.15) is 29.7 Å². The fourth-order valence-electron chi connectivity index (χ4n) is 4.97. The van der Waals surface area contributed by atoms with E-state index >= 15 is 0 Å². The van der Waals surface area contributed by atoms with Crippen molar-refractivity contribution in [3.05, 3.63) is 77.4 Å². The minimum atomic E-state index is -0.437. The van der Waals surface area contributed by atoms with Crippen LogP contribution in [0.2, 0.25) is 0 Å². The van der Waals surface area contributed by atoms with E-state index in [-0.39, 0.29) is 11.8 Å². The molecule has 0 atom stereocenters. The molecule has 0 unspecified atom stereocenters. The predicted molar refractivity (Wildman–Crippen MR) is 135 cm³/mol. The van der Waals surface area contributed by atoms with Crippen LogP contribution in [0.25, 0.3) is 11.1 Å². The summed E-state index contributed by atoms with van der Waals surface area (Å²) in [5.41, 5.74) is 6.26. The molecule has 3 aromatic rings. The molecule has 0 spiro atoms. The number of nitrogens with zero attached hydrogens (tertiary/aromatic N) is 3. The molecule has 3 aromatic carbocycles. The van der Waals surface area contributed by atoms with E-state index in [9.17, 15) is 4.79 Å². The van der Waals surface area contributed by atoms with Crippen molar-refractivity contribution >= 4 is 12.2 Å². The molecular weight excluding hydrogens is 442 g/mol. The summed E-state index contributed by atoms with van der Waals surface area (Å²) in [5.74, 6) is 0.674. The number of methoxy groups -OCH3 is 2. The van der Waals surface area contributed by atoms with Crippen molar-refractivity contribution in [1.29, 1.82) is 0 Å². The molecule has 2 aliphatic rings. The van der Waals surface area contributed by atoms with E-state index in [2.05, 4.69) is 58.4 Å². The summed E-state index contributed by atoms with van der Waals surface area (Å²) < 4.78 is 16.1. The summed E-state index contributed by atoms with van der Waals surface area (Å²) in [7, 11) is 3.06. The van der Waals surface area contributed by atoms with Gasteiger partial charge in [0.15, 0.2) is 11.5 Å². The standard InChI is InChI=1S/C28H29N3O4/c1-19(32)35-28-25(33-2)16-20(17-26(28)34-3)18-29-31-14-12-30(13-15-31)27-23-10-6-4-8-21(23)22-9-5-7-11-24(22)27/h4-11,16-18,27H,12-15H2,1-3H3. The van der Waals surface area contributed by atoms with Gasteiger partial charge in [0.1, 0.15) is 0 Å². The summed E-state index contributed by atoms with van der Waals surface area (Å²) in [6.45, 7) is 4.84. The normalized spacial score (nSPS) is 15.7. The van der Waals surface area contributed by atoms with Gasteiger partial charge in [-0.1, -0.05) is 48.5 Å². The molecule has 0 saturated carbocycles. The van der Waals surface area contributed by atoms with Gasteiger partial charge < -0.3 is 14.2 Å². The molecule has 0 bridgehead atoms. The van der Waals surface area contributed by atoms with Gasteiger partial charge in [0.2, 0.25) is 5.75 Å². The van der Waals surface area contributed by atoms with E-state index in [0.29, 0.717) is 11.5 Å². The molecule has 35 heavy (non-hydrogen) atoms. The van der Waals surface area contributed by atoms with E-state index in [1.54, 1.807) is 18.3 Å². The molecule has 1 aliphatic heterocycles. The Morgan fingerprint density at radius 1 is 0.886 bits per heavy atom. The SMILES string of the molecule is COc1cc(C=NN2CCN(C3c4ccccc4-c4ccccc43)CC2)cc(OC)c1OC(C)=O. The van der Waals surface area contributed by atoms with Crippen molar-refractivity contribution < 1.29 is 19.0 Å². The van der Waals surface area contributed by atoms with Crippen LogP contribution in [-0.2, 0) is 4.79 Å². The molecule has 0 amide bonds. The van der Waals surface area contributed by atoms with E-state index in [0.717, 1.165) is 31.7 Å². The zero-order chi connectivity index (χ0) is 24.4. The fourth-order valence-corrected chi connectivity index (χ4v) is 4.97. The van der Waals surface area contributed by atoms with Crippen molar-refractivity contribution in [2.75, 3.05) is 40.4 Å². The number of ether oxygens (including phenoxy) is 3. The molecule has 7 nitrogen and oxygen atoms in total. The van der Waals surface area contributed by atoms with Crippen LogP contribution in [0.5, 0.6) is 17.2 Å². The van der Waals surface area contributed by atoms with Crippen LogP contribution in [-0.4, -0.2) is 62.5 Å². The Morgan fingerprint density at radius 3 is 1.94 bits per heavy atom. The Hall–Kier alpha value is -3.84. The van der Waals surface area contributed by atoms with Crippen molar-refractivity contribution in [3.63, 3.8) is 0 Å². The van der Waals surface area contributed by atoms with Gasteiger partial charge >= 0.3 is 5.97 Å². The van der Waals surface area contributed by atoms with Crippen molar-refractivity contribution in [3.8, 4) is 28.4 Å². The van der Waals surface area contributed by atoms with E-state index in [1.807, 2.05) is 0 Å². The maximum absolute atomic E-state index is 11.5. The first-order valence-electron chi connectivity index (χ1n) is 11.7. The number of rotatable bonds is 6. The molecular formula is C28H29N3O4. The molecule has 1 heterocycles. The predicted octanol–water partition coefficient (Wildman–Crippen LogP) is 4.35. The lowest BCUT2D eigenvalue weighted by atomic mass is 10.0. The van der Waals surface area contributed by atoms with Crippen molar-refractivity contribution in [2.45, 2.75) is 13.0 Å². The molecule has 0 aromatic heterocycles. The Labute approximate surface area is 205 Å². The second-order valence-electron chi connectivity index (χ2n) is 8.66. The molecule has 0 radical (unpaired) electrons. The second kappa shape index (κ2) is 9.80. The first-order chi connectivity index (χ1) is 17.1. The number of hydrogen-bond acceptors (Lipinski definition) is 7. The van der Waals surface area contributed by atoms with Gasteiger partial charge in [0.25, 0.3) is 0 Å². The maximum atomic E-state index is 11.5. The summed E-state index contributed by atoms with van der Waals surface area (Å²) in [5, 5.41) is 6.79. The number of benzene rings is 3. The van der Waals surface area contributed by atoms with E-state index in [1.165, 1.54) is 43.4 Å². The van der Waals surface area contributed by atoms with Gasteiger partial charge in [0, 0.05) is 38.7 Å². The fraction of sp³-hybridized carbons (Fsp3) is 0.286. The van der Waals surface area contributed by atoms with Crippen LogP contribution in [0.15, 0.2) is 65.8 Å². The first kappa shape index (κ1) is 22.9. The third kappa shape index (κ3) is 4.47. The summed E-state index contributed by atoms with van der Waals surface area (Å²) >= 11 is 0. The Kier molecular flexibility index (Phi) is 6.42.